The van der Waals surface area contributed by atoms with E-state index in [1.165, 1.54) is 35.1 Å². The number of hydrogen-bond acceptors (Lipinski definition) is 3. The van der Waals surface area contributed by atoms with Gasteiger partial charge in [0.1, 0.15) is 0 Å². The normalized spacial score (nSPS) is 15.3. The van der Waals surface area contributed by atoms with Gasteiger partial charge in [0.25, 0.3) is 5.56 Å². The monoisotopic (exact) mass is 382 g/mol. The van der Waals surface area contributed by atoms with Gasteiger partial charge in [0.05, 0.1) is 12.8 Å². The minimum absolute atomic E-state index is 0.112. The Morgan fingerprint density at radius 2 is 2.04 bits per heavy atom. The van der Waals surface area contributed by atoms with Crippen LogP contribution in [0.5, 0.6) is 5.75 Å². The lowest BCUT2D eigenvalue weighted by molar-refractivity contribution is 0.405. The van der Waals surface area contributed by atoms with Crippen molar-refractivity contribution >= 4 is 22.7 Å². The zero-order valence-electron chi connectivity index (χ0n) is 16.4. The molecule has 2 aromatic heterocycles. The van der Waals surface area contributed by atoms with Crippen LogP contribution in [0.4, 0.5) is 0 Å². The summed E-state index contributed by atoms with van der Waals surface area (Å²) in [6, 6.07) is 10.6. The van der Waals surface area contributed by atoms with Crippen molar-refractivity contribution in [1.29, 1.82) is 0 Å². The van der Waals surface area contributed by atoms with E-state index in [9.17, 15) is 4.79 Å². The fourth-order valence-electron chi connectivity index (χ4n) is 3.73. The topological polar surface area (TPSA) is 36.2 Å². The number of fused-ring (bicyclic) bond motifs is 1. The molecule has 1 aliphatic carbocycles. The molecule has 4 nitrogen and oxygen atoms in total. The van der Waals surface area contributed by atoms with E-state index >= 15 is 0 Å². The van der Waals surface area contributed by atoms with Crippen molar-refractivity contribution in [2.75, 3.05) is 13.4 Å². The first-order valence-corrected chi connectivity index (χ1v) is 10.6. The molecule has 0 bridgehead atoms. The Morgan fingerprint density at radius 1 is 1.26 bits per heavy atom. The first kappa shape index (κ1) is 18.2. The molecular formula is C22H26N2O2S. The first-order valence-electron chi connectivity index (χ1n) is 9.37. The highest BCUT2D eigenvalue weighted by molar-refractivity contribution is 7.98. The summed E-state index contributed by atoms with van der Waals surface area (Å²) in [5.74, 6) is 0.381. The number of pyridine rings is 1. The van der Waals surface area contributed by atoms with E-state index in [2.05, 4.69) is 42.0 Å². The summed E-state index contributed by atoms with van der Waals surface area (Å²) in [5.41, 5.74) is 3.79. The van der Waals surface area contributed by atoms with Gasteiger partial charge in [0, 0.05) is 41.2 Å². The molecule has 1 saturated carbocycles. The standard InChI is InChI=1S/C22H26N2O2S/c1-22(8-9-22)10-11-24-17-6-5-7-20(27-4)16(17)13-18(24)15-12-19(26-3)21(25)23(2)14-15/h5-7,12-14H,8-11H2,1-4H3. The Balaban J connectivity index is 1.90. The number of ether oxygens (including phenoxy) is 1. The number of thioether (sulfide) groups is 1. The van der Waals surface area contributed by atoms with E-state index in [0.717, 1.165) is 17.8 Å². The van der Waals surface area contributed by atoms with Gasteiger partial charge < -0.3 is 13.9 Å². The maximum absolute atomic E-state index is 12.2. The van der Waals surface area contributed by atoms with Gasteiger partial charge in [-0.1, -0.05) is 13.0 Å². The summed E-state index contributed by atoms with van der Waals surface area (Å²) in [5, 5.41) is 1.27. The molecule has 142 valence electrons. The van der Waals surface area contributed by atoms with E-state index in [4.69, 9.17) is 4.74 Å². The molecule has 0 radical (unpaired) electrons. The Bertz CT molecular complexity index is 1060. The SMILES string of the molecule is COc1cc(-c2cc3c(SC)cccc3n2CCC2(C)CC2)cn(C)c1=O. The highest BCUT2D eigenvalue weighted by Crippen LogP contribution is 2.49. The molecule has 0 unspecified atom stereocenters. The van der Waals surface area contributed by atoms with Crippen molar-refractivity contribution in [3.05, 3.63) is 46.9 Å². The van der Waals surface area contributed by atoms with Crippen molar-refractivity contribution in [2.45, 2.75) is 37.6 Å². The second-order valence-corrected chi connectivity index (χ2v) is 8.70. The summed E-state index contributed by atoms with van der Waals surface area (Å²) in [7, 11) is 3.33. The molecule has 4 rings (SSSR count). The molecule has 0 aliphatic heterocycles. The van der Waals surface area contributed by atoms with Crippen molar-refractivity contribution < 1.29 is 4.74 Å². The Kier molecular flexibility index (Phi) is 4.58. The number of aryl methyl sites for hydroxylation is 2. The van der Waals surface area contributed by atoms with E-state index in [-0.39, 0.29) is 5.56 Å². The van der Waals surface area contributed by atoms with Gasteiger partial charge in [-0.3, -0.25) is 4.79 Å². The maximum Gasteiger partial charge on any atom is 0.292 e. The Morgan fingerprint density at radius 3 is 2.70 bits per heavy atom. The van der Waals surface area contributed by atoms with Gasteiger partial charge >= 0.3 is 0 Å². The van der Waals surface area contributed by atoms with Crippen LogP contribution in [0.1, 0.15) is 26.2 Å². The number of hydrogen-bond donors (Lipinski definition) is 0. The largest absolute Gasteiger partial charge is 0.491 e. The molecule has 1 aliphatic rings. The Hall–Kier alpha value is -2.14. The highest BCUT2D eigenvalue weighted by Gasteiger charge is 2.36. The molecule has 27 heavy (non-hydrogen) atoms. The third-order valence-corrected chi connectivity index (χ3v) is 6.63. The molecule has 0 atom stereocenters. The predicted molar refractivity (Wildman–Crippen MR) is 113 cm³/mol. The van der Waals surface area contributed by atoms with Crippen LogP contribution in [0, 0.1) is 5.41 Å². The third-order valence-electron chi connectivity index (χ3n) is 5.83. The van der Waals surface area contributed by atoms with E-state index in [0.29, 0.717) is 11.2 Å². The smallest absolute Gasteiger partial charge is 0.292 e. The number of nitrogens with zero attached hydrogens (tertiary/aromatic N) is 2. The molecule has 0 N–H and O–H groups in total. The molecular weight excluding hydrogens is 356 g/mol. The lowest BCUT2D eigenvalue weighted by Crippen LogP contribution is -2.18. The number of aromatic nitrogens is 2. The summed E-state index contributed by atoms with van der Waals surface area (Å²) in [6.07, 6.45) is 7.85. The van der Waals surface area contributed by atoms with Crippen LogP contribution in [0.2, 0.25) is 0 Å². The van der Waals surface area contributed by atoms with Crippen LogP contribution in [0.3, 0.4) is 0 Å². The van der Waals surface area contributed by atoms with E-state index < -0.39 is 0 Å². The zero-order chi connectivity index (χ0) is 19.2. The van der Waals surface area contributed by atoms with Crippen molar-refractivity contribution in [3.8, 4) is 17.0 Å². The summed E-state index contributed by atoms with van der Waals surface area (Å²) < 4.78 is 9.34. The second-order valence-electron chi connectivity index (χ2n) is 7.85. The molecule has 5 heteroatoms. The van der Waals surface area contributed by atoms with Crippen molar-refractivity contribution in [1.82, 2.24) is 9.13 Å². The number of methoxy groups -OCH3 is 1. The summed E-state index contributed by atoms with van der Waals surface area (Å²) in [6.45, 7) is 3.36. The number of benzene rings is 1. The van der Waals surface area contributed by atoms with Gasteiger partial charge in [-0.25, -0.2) is 0 Å². The van der Waals surface area contributed by atoms with Crippen LogP contribution in [0.25, 0.3) is 22.2 Å². The molecule has 0 saturated heterocycles. The first-order chi connectivity index (χ1) is 13.0. The molecule has 2 heterocycles. The fraction of sp³-hybridized carbons (Fsp3) is 0.409. The molecule has 1 aromatic carbocycles. The Labute approximate surface area is 164 Å². The average molecular weight is 383 g/mol. The molecule has 0 spiro atoms. The van der Waals surface area contributed by atoms with Crippen LogP contribution < -0.4 is 10.3 Å². The highest BCUT2D eigenvalue weighted by atomic mass is 32.2. The fourth-order valence-corrected chi connectivity index (χ4v) is 4.33. The van der Waals surface area contributed by atoms with Crippen LogP contribution in [0.15, 0.2) is 46.2 Å². The summed E-state index contributed by atoms with van der Waals surface area (Å²) >= 11 is 1.77. The van der Waals surface area contributed by atoms with Crippen LogP contribution in [-0.2, 0) is 13.6 Å². The van der Waals surface area contributed by atoms with Gasteiger partial charge in [-0.15, -0.1) is 11.8 Å². The lowest BCUT2D eigenvalue weighted by atomic mass is 10.1. The zero-order valence-corrected chi connectivity index (χ0v) is 17.2. The van der Waals surface area contributed by atoms with Gasteiger partial charge in [-0.2, -0.15) is 0 Å². The third kappa shape index (κ3) is 3.29. The molecule has 0 amide bonds. The van der Waals surface area contributed by atoms with Crippen LogP contribution in [-0.4, -0.2) is 22.5 Å². The second kappa shape index (κ2) is 6.79. The van der Waals surface area contributed by atoms with Gasteiger partial charge in [-0.05, 0) is 55.2 Å². The van der Waals surface area contributed by atoms with E-state index in [1.807, 2.05) is 12.3 Å². The predicted octanol–water partition coefficient (Wildman–Crippen LogP) is 4.93. The molecule has 3 aromatic rings. The summed E-state index contributed by atoms with van der Waals surface area (Å²) in [4.78, 5) is 13.5. The molecule has 1 fully saturated rings. The van der Waals surface area contributed by atoms with Gasteiger partial charge in [0.15, 0.2) is 5.75 Å². The minimum Gasteiger partial charge on any atom is -0.491 e. The van der Waals surface area contributed by atoms with Gasteiger partial charge in [0.2, 0.25) is 0 Å². The lowest BCUT2D eigenvalue weighted by Gasteiger charge is -2.15. The number of rotatable bonds is 6. The minimum atomic E-state index is -0.112. The van der Waals surface area contributed by atoms with Crippen molar-refractivity contribution in [3.63, 3.8) is 0 Å². The quantitative estimate of drug-likeness (QED) is 0.567. The van der Waals surface area contributed by atoms with E-state index in [1.54, 1.807) is 30.5 Å². The average Bonchev–Trinajstić information content (AvgIpc) is 3.28. The van der Waals surface area contributed by atoms with Crippen LogP contribution >= 0.6 is 11.8 Å². The van der Waals surface area contributed by atoms with Crippen molar-refractivity contribution in [2.24, 2.45) is 12.5 Å². The maximum atomic E-state index is 12.2.